The van der Waals surface area contributed by atoms with Gasteiger partial charge in [0.05, 0.1) is 21.9 Å². The maximum absolute atomic E-state index is 12.9. The van der Waals surface area contributed by atoms with Gasteiger partial charge in [0.2, 0.25) is 5.91 Å². The minimum Gasteiger partial charge on any atom is -0.508 e. The van der Waals surface area contributed by atoms with Gasteiger partial charge in [-0.2, -0.15) is 5.10 Å². The quantitative estimate of drug-likeness (QED) is 0.389. The van der Waals surface area contributed by atoms with Gasteiger partial charge in [0.15, 0.2) is 5.13 Å². The molecule has 2 aromatic heterocycles. The minimum absolute atomic E-state index is 0.153. The van der Waals surface area contributed by atoms with Crippen molar-refractivity contribution in [2.24, 2.45) is 5.92 Å². The molecule has 0 aliphatic heterocycles. The number of carbonyl (C=O) groups excluding carboxylic acids is 1. The minimum atomic E-state index is -0.442. The molecule has 4 N–H and O–H groups in total. The highest BCUT2D eigenvalue weighted by atomic mass is 32.1. The van der Waals surface area contributed by atoms with Gasteiger partial charge in [-0.05, 0) is 36.6 Å². The molecule has 4 rings (SSSR count). The number of hydrogen-bond donors (Lipinski definition) is 4. The van der Waals surface area contributed by atoms with Gasteiger partial charge in [-0.3, -0.25) is 9.89 Å². The molecule has 28 heavy (non-hydrogen) atoms. The molecule has 1 unspecified atom stereocenters. The fourth-order valence-electron chi connectivity index (χ4n) is 3.15. The molecule has 0 spiro atoms. The standard InChI is InChI=1S/C20H21N5O2S/c1-11(2)8-17(22-12-4-3-5-13(26)9-12)19(27)24-20-23-16-7-6-15-14(10-21-25-15)18(16)28-20/h3-7,9-11,17,22,26H,8H2,1-2H3,(H,21,25)(H,23,24,27). The van der Waals surface area contributed by atoms with Crippen molar-refractivity contribution < 1.29 is 9.90 Å². The van der Waals surface area contributed by atoms with Crippen LogP contribution in [0.15, 0.2) is 42.6 Å². The van der Waals surface area contributed by atoms with Crippen molar-refractivity contribution >= 4 is 49.2 Å². The van der Waals surface area contributed by atoms with Crippen LogP contribution in [-0.4, -0.2) is 32.2 Å². The fraction of sp³-hybridized carbons (Fsp3) is 0.250. The number of hydrogen-bond acceptors (Lipinski definition) is 6. The largest absolute Gasteiger partial charge is 0.508 e. The van der Waals surface area contributed by atoms with E-state index in [1.165, 1.54) is 11.3 Å². The number of H-pyrrole nitrogens is 1. The van der Waals surface area contributed by atoms with Crippen LogP contribution in [0.25, 0.3) is 21.1 Å². The Morgan fingerprint density at radius 1 is 1.29 bits per heavy atom. The Kier molecular flexibility index (Phi) is 4.87. The number of aromatic nitrogens is 3. The zero-order valence-corrected chi connectivity index (χ0v) is 16.4. The Hall–Kier alpha value is -3.13. The van der Waals surface area contributed by atoms with Crippen LogP contribution in [0.3, 0.4) is 0 Å². The Balaban J connectivity index is 1.57. The van der Waals surface area contributed by atoms with Crippen molar-refractivity contribution in [2.45, 2.75) is 26.3 Å². The molecule has 0 aliphatic carbocycles. The Bertz CT molecular complexity index is 1130. The number of benzene rings is 2. The highest BCUT2D eigenvalue weighted by Crippen LogP contribution is 2.32. The molecular weight excluding hydrogens is 374 g/mol. The van der Waals surface area contributed by atoms with Crippen LogP contribution >= 0.6 is 11.3 Å². The van der Waals surface area contributed by atoms with Crippen LogP contribution in [0.4, 0.5) is 10.8 Å². The van der Waals surface area contributed by atoms with Crippen LogP contribution < -0.4 is 10.6 Å². The second kappa shape index (κ2) is 7.47. The van der Waals surface area contributed by atoms with Crippen molar-refractivity contribution in [3.05, 3.63) is 42.6 Å². The van der Waals surface area contributed by atoms with Crippen molar-refractivity contribution in [3.8, 4) is 5.75 Å². The van der Waals surface area contributed by atoms with E-state index < -0.39 is 6.04 Å². The van der Waals surface area contributed by atoms with E-state index >= 15 is 0 Å². The number of aromatic hydroxyl groups is 1. The predicted octanol–water partition coefficient (Wildman–Crippen LogP) is 4.34. The van der Waals surface area contributed by atoms with Crippen LogP contribution in [0.5, 0.6) is 5.75 Å². The molecular formula is C20H21N5O2S. The number of phenols is 1. The number of thiazole rings is 1. The summed E-state index contributed by atoms with van der Waals surface area (Å²) in [6.07, 6.45) is 2.42. The van der Waals surface area contributed by atoms with Crippen molar-refractivity contribution in [3.63, 3.8) is 0 Å². The van der Waals surface area contributed by atoms with Crippen LogP contribution in [-0.2, 0) is 4.79 Å². The van der Waals surface area contributed by atoms with E-state index in [1.54, 1.807) is 24.4 Å². The number of nitrogens with one attached hydrogen (secondary N) is 3. The lowest BCUT2D eigenvalue weighted by Gasteiger charge is -2.20. The molecule has 0 bridgehead atoms. The first kappa shape index (κ1) is 18.2. The maximum atomic E-state index is 12.9. The fourth-order valence-corrected chi connectivity index (χ4v) is 4.13. The summed E-state index contributed by atoms with van der Waals surface area (Å²) in [5, 5.41) is 24.4. The number of carbonyl (C=O) groups is 1. The third kappa shape index (κ3) is 3.77. The molecule has 144 valence electrons. The molecule has 1 atom stereocenters. The highest BCUT2D eigenvalue weighted by Gasteiger charge is 2.21. The lowest BCUT2D eigenvalue weighted by Crippen LogP contribution is -2.35. The predicted molar refractivity (Wildman–Crippen MR) is 113 cm³/mol. The molecule has 8 heteroatoms. The van der Waals surface area contributed by atoms with E-state index in [0.717, 1.165) is 21.1 Å². The van der Waals surface area contributed by atoms with Gasteiger partial charge in [0.1, 0.15) is 11.8 Å². The molecule has 0 saturated carbocycles. The zero-order chi connectivity index (χ0) is 19.7. The molecule has 4 aromatic rings. The van der Waals surface area contributed by atoms with Crippen LogP contribution in [0.1, 0.15) is 20.3 Å². The second-order valence-electron chi connectivity index (χ2n) is 7.13. The van der Waals surface area contributed by atoms with E-state index in [0.29, 0.717) is 23.2 Å². The van der Waals surface area contributed by atoms with Crippen molar-refractivity contribution in [1.29, 1.82) is 0 Å². The van der Waals surface area contributed by atoms with Gasteiger partial charge < -0.3 is 15.7 Å². The van der Waals surface area contributed by atoms with Crippen LogP contribution in [0, 0.1) is 5.92 Å². The molecule has 2 aromatic carbocycles. The van der Waals surface area contributed by atoms with Gasteiger partial charge in [-0.1, -0.05) is 31.3 Å². The first-order chi connectivity index (χ1) is 13.5. The molecule has 0 aliphatic rings. The lowest BCUT2D eigenvalue weighted by molar-refractivity contribution is -0.117. The summed E-state index contributed by atoms with van der Waals surface area (Å²) in [5.41, 5.74) is 2.47. The molecule has 7 nitrogen and oxygen atoms in total. The van der Waals surface area contributed by atoms with Gasteiger partial charge in [-0.15, -0.1) is 0 Å². The van der Waals surface area contributed by atoms with E-state index in [9.17, 15) is 9.90 Å². The number of amides is 1. The average molecular weight is 395 g/mol. The topological polar surface area (TPSA) is 103 Å². The van der Waals surface area contributed by atoms with E-state index in [-0.39, 0.29) is 11.7 Å². The van der Waals surface area contributed by atoms with Gasteiger partial charge >= 0.3 is 0 Å². The van der Waals surface area contributed by atoms with Gasteiger partial charge in [0.25, 0.3) is 0 Å². The molecule has 0 fully saturated rings. The van der Waals surface area contributed by atoms with E-state index in [2.05, 4.69) is 39.7 Å². The zero-order valence-electron chi connectivity index (χ0n) is 15.6. The van der Waals surface area contributed by atoms with Crippen molar-refractivity contribution in [2.75, 3.05) is 10.6 Å². The van der Waals surface area contributed by atoms with Crippen molar-refractivity contribution in [1.82, 2.24) is 15.2 Å². The summed E-state index contributed by atoms with van der Waals surface area (Å²) in [6, 6.07) is 10.2. The number of nitrogens with zero attached hydrogens (tertiary/aromatic N) is 2. The molecule has 1 amide bonds. The Labute approximate surface area is 165 Å². The number of rotatable bonds is 6. The number of fused-ring (bicyclic) bond motifs is 3. The van der Waals surface area contributed by atoms with Gasteiger partial charge in [-0.25, -0.2) is 4.98 Å². The summed E-state index contributed by atoms with van der Waals surface area (Å²) in [5.74, 6) is 0.324. The number of anilines is 2. The first-order valence-electron chi connectivity index (χ1n) is 9.08. The molecule has 2 heterocycles. The number of aromatic amines is 1. The summed E-state index contributed by atoms with van der Waals surface area (Å²) >= 11 is 1.43. The van der Waals surface area contributed by atoms with E-state index in [4.69, 9.17) is 0 Å². The number of phenolic OH excluding ortho intramolecular Hbond substituents is 1. The first-order valence-corrected chi connectivity index (χ1v) is 9.90. The Morgan fingerprint density at radius 2 is 2.14 bits per heavy atom. The van der Waals surface area contributed by atoms with Crippen LogP contribution in [0.2, 0.25) is 0 Å². The lowest BCUT2D eigenvalue weighted by atomic mass is 10.0. The summed E-state index contributed by atoms with van der Waals surface area (Å²) in [6.45, 7) is 4.13. The van der Waals surface area contributed by atoms with E-state index in [1.807, 2.05) is 18.2 Å². The monoisotopic (exact) mass is 395 g/mol. The summed E-state index contributed by atoms with van der Waals surface area (Å²) in [4.78, 5) is 17.5. The second-order valence-corrected chi connectivity index (χ2v) is 8.13. The summed E-state index contributed by atoms with van der Waals surface area (Å²) < 4.78 is 0.989. The Morgan fingerprint density at radius 3 is 2.93 bits per heavy atom. The SMILES string of the molecule is CC(C)CC(Nc1cccc(O)c1)C(=O)Nc1nc2ccc3[nH]ncc3c2s1. The summed E-state index contributed by atoms with van der Waals surface area (Å²) in [7, 11) is 0. The highest BCUT2D eigenvalue weighted by molar-refractivity contribution is 7.23. The van der Waals surface area contributed by atoms with Gasteiger partial charge in [0, 0.05) is 17.1 Å². The molecule has 0 radical (unpaired) electrons. The molecule has 0 saturated heterocycles. The smallest absolute Gasteiger partial charge is 0.248 e. The third-order valence-electron chi connectivity index (χ3n) is 4.42. The normalized spacial score (nSPS) is 12.5. The average Bonchev–Trinajstić information content (AvgIpc) is 3.26. The third-order valence-corrected chi connectivity index (χ3v) is 5.44. The maximum Gasteiger partial charge on any atom is 0.248 e.